The number of nitrogen functional groups attached to an aromatic ring is 1. The summed E-state index contributed by atoms with van der Waals surface area (Å²) in [5.41, 5.74) is 13.4. The first-order chi connectivity index (χ1) is 20.1. The van der Waals surface area contributed by atoms with Gasteiger partial charge in [0.05, 0.1) is 5.69 Å². The van der Waals surface area contributed by atoms with E-state index in [-0.39, 0.29) is 12.3 Å². The molecule has 1 aliphatic heterocycles. The zero-order chi connectivity index (χ0) is 27.8. The number of fused-ring (bicyclic) bond motifs is 2. The molecule has 1 aliphatic rings. The van der Waals surface area contributed by atoms with E-state index in [1.807, 2.05) is 25.1 Å². The van der Waals surface area contributed by atoms with Gasteiger partial charge in [-0.2, -0.15) is 0 Å². The molecule has 5 heteroatoms. The molecule has 2 unspecified atom stereocenters. The SMILES string of the molecule is C/C=C\c1ccc(-c2ccc(C3NC(c4ccc5ccccc5c4)=NC(c4ccc5ccccc5c4)N3)[nH]2)cc1N. The number of aromatic nitrogens is 1. The number of benzene rings is 5. The van der Waals surface area contributed by atoms with E-state index >= 15 is 0 Å². The van der Waals surface area contributed by atoms with E-state index in [9.17, 15) is 0 Å². The van der Waals surface area contributed by atoms with Gasteiger partial charge in [0.2, 0.25) is 0 Å². The van der Waals surface area contributed by atoms with Gasteiger partial charge in [-0.05, 0) is 75.5 Å². The summed E-state index contributed by atoms with van der Waals surface area (Å²) >= 11 is 0. The van der Waals surface area contributed by atoms with Crippen LogP contribution in [0, 0.1) is 0 Å². The molecular formula is C36H31N5. The summed E-state index contributed by atoms with van der Waals surface area (Å²) in [6, 6.07) is 40.3. The van der Waals surface area contributed by atoms with Gasteiger partial charge in [0, 0.05) is 16.9 Å². The van der Waals surface area contributed by atoms with Crippen LogP contribution < -0.4 is 16.4 Å². The Morgan fingerprint density at radius 2 is 1.41 bits per heavy atom. The van der Waals surface area contributed by atoms with Gasteiger partial charge in [0.25, 0.3) is 0 Å². The lowest BCUT2D eigenvalue weighted by Crippen LogP contribution is -2.45. The Bertz CT molecular complexity index is 1950. The molecule has 0 spiro atoms. The van der Waals surface area contributed by atoms with Gasteiger partial charge < -0.3 is 16.0 Å². The Morgan fingerprint density at radius 1 is 0.707 bits per heavy atom. The Morgan fingerprint density at radius 3 is 2.17 bits per heavy atom. The van der Waals surface area contributed by atoms with Crippen LogP contribution in [-0.2, 0) is 0 Å². The van der Waals surface area contributed by atoms with E-state index in [0.29, 0.717) is 0 Å². The van der Waals surface area contributed by atoms with Crippen molar-refractivity contribution in [1.82, 2.24) is 15.6 Å². The number of hydrogen-bond donors (Lipinski definition) is 4. The highest BCUT2D eigenvalue weighted by molar-refractivity contribution is 6.02. The predicted octanol–water partition coefficient (Wildman–Crippen LogP) is 7.94. The van der Waals surface area contributed by atoms with Crippen LogP contribution in [0.3, 0.4) is 0 Å². The van der Waals surface area contributed by atoms with Crippen molar-refractivity contribution in [3.8, 4) is 11.3 Å². The lowest BCUT2D eigenvalue weighted by molar-refractivity contribution is 0.403. The minimum Gasteiger partial charge on any atom is -0.398 e. The third kappa shape index (κ3) is 4.88. The molecule has 0 radical (unpaired) electrons. The Balaban J connectivity index is 1.27. The lowest BCUT2D eigenvalue weighted by Gasteiger charge is -2.31. The molecule has 0 amide bonds. The van der Waals surface area contributed by atoms with Gasteiger partial charge in [-0.1, -0.05) is 97.1 Å². The summed E-state index contributed by atoms with van der Waals surface area (Å²) in [4.78, 5) is 8.80. The molecule has 5 N–H and O–H groups in total. The van der Waals surface area contributed by atoms with Crippen LogP contribution in [0.15, 0.2) is 126 Å². The van der Waals surface area contributed by atoms with Crippen LogP contribution in [0.2, 0.25) is 0 Å². The zero-order valence-electron chi connectivity index (χ0n) is 22.8. The maximum absolute atomic E-state index is 6.33. The second kappa shape index (κ2) is 10.5. The number of anilines is 1. The van der Waals surface area contributed by atoms with Crippen molar-refractivity contribution >= 4 is 39.1 Å². The maximum atomic E-state index is 6.33. The van der Waals surface area contributed by atoms with Crippen LogP contribution >= 0.6 is 0 Å². The molecule has 7 rings (SSSR count). The van der Waals surface area contributed by atoms with Crippen LogP contribution in [0.5, 0.6) is 0 Å². The molecule has 2 heterocycles. The molecular weight excluding hydrogens is 502 g/mol. The summed E-state index contributed by atoms with van der Waals surface area (Å²) in [6.45, 7) is 2.00. The van der Waals surface area contributed by atoms with E-state index in [0.717, 1.165) is 45.2 Å². The van der Waals surface area contributed by atoms with E-state index in [1.165, 1.54) is 21.5 Å². The molecule has 200 valence electrons. The van der Waals surface area contributed by atoms with Crippen molar-refractivity contribution in [3.05, 3.63) is 144 Å². The fourth-order valence-corrected chi connectivity index (χ4v) is 5.57. The average Bonchev–Trinajstić information content (AvgIpc) is 3.52. The van der Waals surface area contributed by atoms with Crippen LogP contribution in [0.4, 0.5) is 5.69 Å². The summed E-state index contributed by atoms with van der Waals surface area (Å²) in [5, 5.41) is 12.2. The molecule has 0 bridgehead atoms. The molecule has 2 atom stereocenters. The van der Waals surface area contributed by atoms with Crippen LogP contribution in [-0.4, -0.2) is 10.8 Å². The maximum Gasteiger partial charge on any atom is 0.131 e. The molecule has 0 aliphatic carbocycles. The van der Waals surface area contributed by atoms with Crippen LogP contribution in [0.1, 0.15) is 41.6 Å². The van der Waals surface area contributed by atoms with Gasteiger partial charge >= 0.3 is 0 Å². The van der Waals surface area contributed by atoms with Crippen molar-refractivity contribution in [2.45, 2.75) is 19.3 Å². The van der Waals surface area contributed by atoms with Gasteiger partial charge in [0.15, 0.2) is 0 Å². The van der Waals surface area contributed by atoms with E-state index in [2.05, 4.69) is 125 Å². The monoisotopic (exact) mass is 533 g/mol. The lowest BCUT2D eigenvalue weighted by atomic mass is 10.0. The topological polar surface area (TPSA) is 78.2 Å². The second-order valence-electron chi connectivity index (χ2n) is 10.5. The summed E-state index contributed by atoms with van der Waals surface area (Å²) in [7, 11) is 0. The number of rotatable bonds is 5. The number of hydrogen-bond acceptors (Lipinski definition) is 4. The first kappa shape index (κ1) is 24.9. The van der Waals surface area contributed by atoms with E-state index in [4.69, 9.17) is 10.7 Å². The van der Waals surface area contributed by atoms with Crippen molar-refractivity contribution in [3.63, 3.8) is 0 Å². The highest BCUT2D eigenvalue weighted by atomic mass is 15.3. The zero-order valence-corrected chi connectivity index (χ0v) is 22.8. The number of H-pyrrole nitrogens is 1. The third-order valence-electron chi connectivity index (χ3n) is 7.74. The highest BCUT2D eigenvalue weighted by Crippen LogP contribution is 2.30. The molecule has 0 fully saturated rings. The molecule has 0 saturated heterocycles. The number of nitrogens with two attached hydrogens (primary N) is 1. The largest absolute Gasteiger partial charge is 0.398 e. The van der Waals surface area contributed by atoms with Crippen LogP contribution in [0.25, 0.3) is 38.9 Å². The summed E-state index contributed by atoms with van der Waals surface area (Å²) in [5.74, 6) is 0.855. The first-order valence-corrected chi connectivity index (χ1v) is 13.9. The molecule has 1 aromatic heterocycles. The number of aromatic amines is 1. The van der Waals surface area contributed by atoms with Gasteiger partial charge in [-0.15, -0.1) is 0 Å². The van der Waals surface area contributed by atoms with Crippen molar-refractivity contribution in [2.24, 2.45) is 4.99 Å². The number of nitrogens with one attached hydrogen (secondary N) is 3. The van der Waals surface area contributed by atoms with Gasteiger partial charge in [0.1, 0.15) is 18.2 Å². The second-order valence-corrected chi connectivity index (χ2v) is 10.5. The van der Waals surface area contributed by atoms with Gasteiger partial charge in [-0.3, -0.25) is 5.32 Å². The number of allylic oxidation sites excluding steroid dienone is 1. The number of nitrogens with zero attached hydrogens (tertiary/aromatic N) is 1. The minimum absolute atomic E-state index is 0.182. The normalized spacial score (nSPS) is 17.1. The smallest absolute Gasteiger partial charge is 0.131 e. The van der Waals surface area contributed by atoms with Gasteiger partial charge in [-0.25, -0.2) is 4.99 Å². The standard InChI is InChI=1S/C36H31N5/c1-2-7-25-14-15-28(22-31(25)37)32-18-19-33(38-32)36-40-34(29-16-12-23-8-3-5-10-26(23)20-29)39-35(41-36)30-17-13-24-9-4-6-11-27(24)21-30/h2-22,34,36,38,40H,37H2,1H3,(H,39,41)/b7-2-. The fourth-order valence-electron chi connectivity index (χ4n) is 5.57. The van der Waals surface area contributed by atoms with Crippen molar-refractivity contribution in [1.29, 1.82) is 0 Å². The quantitative estimate of drug-likeness (QED) is 0.170. The van der Waals surface area contributed by atoms with E-state index < -0.39 is 0 Å². The van der Waals surface area contributed by atoms with Crippen molar-refractivity contribution < 1.29 is 0 Å². The molecule has 41 heavy (non-hydrogen) atoms. The molecule has 0 saturated carbocycles. The molecule has 5 nitrogen and oxygen atoms in total. The molecule has 5 aromatic carbocycles. The fraction of sp³-hybridized carbons (Fsp3) is 0.0833. The Labute approximate surface area is 239 Å². The van der Waals surface area contributed by atoms with Crippen molar-refractivity contribution in [2.75, 3.05) is 5.73 Å². The molecule has 6 aromatic rings. The average molecular weight is 534 g/mol. The predicted molar refractivity (Wildman–Crippen MR) is 172 cm³/mol. The first-order valence-electron chi connectivity index (χ1n) is 13.9. The minimum atomic E-state index is -0.227. The number of amidine groups is 1. The Kier molecular flexibility index (Phi) is 6.34. The Hall–Kier alpha value is -5.13. The summed E-state index contributed by atoms with van der Waals surface area (Å²) < 4.78 is 0. The number of aliphatic imine (C=N–C) groups is 1. The van der Waals surface area contributed by atoms with E-state index in [1.54, 1.807) is 0 Å². The summed E-state index contributed by atoms with van der Waals surface area (Å²) in [6.07, 6.45) is 3.61. The highest BCUT2D eigenvalue weighted by Gasteiger charge is 2.26. The third-order valence-corrected chi connectivity index (χ3v) is 7.74.